The van der Waals surface area contributed by atoms with Crippen molar-refractivity contribution in [3.05, 3.63) is 31.8 Å². The van der Waals surface area contributed by atoms with Gasteiger partial charge in [-0.15, -0.1) is 0 Å². The smallest absolute Gasteiger partial charge is 0.311 e. The zero-order chi connectivity index (χ0) is 14.9. The highest BCUT2D eigenvalue weighted by atomic mass is 127. The van der Waals surface area contributed by atoms with E-state index < -0.39 is 11.4 Å². The highest BCUT2D eigenvalue weighted by molar-refractivity contribution is 14.1. The number of benzene rings is 1. The SMILES string of the molecule is CC1(C(=O)O)CCCC1NC(=O)c1cc(Br)ccc1I. The van der Waals surface area contributed by atoms with Crippen LogP contribution in [0.5, 0.6) is 0 Å². The fraction of sp³-hybridized carbons (Fsp3) is 0.429. The van der Waals surface area contributed by atoms with Crippen LogP contribution in [0.1, 0.15) is 36.5 Å². The Labute approximate surface area is 139 Å². The topological polar surface area (TPSA) is 66.4 Å². The van der Waals surface area contributed by atoms with Gasteiger partial charge in [0, 0.05) is 14.1 Å². The Hall–Kier alpha value is -0.630. The van der Waals surface area contributed by atoms with E-state index in [1.54, 1.807) is 13.0 Å². The molecule has 1 aliphatic rings. The molecule has 1 aromatic rings. The van der Waals surface area contributed by atoms with Gasteiger partial charge in [0.25, 0.3) is 5.91 Å². The van der Waals surface area contributed by atoms with Crippen molar-refractivity contribution < 1.29 is 14.7 Å². The molecule has 108 valence electrons. The van der Waals surface area contributed by atoms with E-state index in [2.05, 4.69) is 43.8 Å². The molecule has 2 N–H and O–H groups in total. The molecule has 1 aliphatic carbocycles. The number of hydrogen-bond donors (Lipinski definition) is 2. The van der Waals surface area contributed by atoms with Gasteiger partial charge in [-0.2, -0.15) is 0 Å². The van der Waals surface area contributed by atoms with E-state index in [4.69, 9.17) is 0 Å². The van der Waals surface area contributed by atoms with Crippen LogP contribution in [0.3, 0.4) is 0 Å². The van der Waals surface area contributed by atoms with Crippen molar-refractivity contribution >= 4 is 50.4 Å². The quantitative estimate of drug-likeness (QED) is 0.692. The van der Waals surface area contributed by atoms with Crippen molar-refractivity contribution in [3.63, 3.8) is 0 Å². The summed E-state index contributed by atoms with van der Waals surface area (Å²) in [6.45, 7) is 1.71. The molecule has 2 atom stereocenters. The molecule has 1 saturated carbocycles. The van der Waals surface area contributed by atoms with Crippen LogP contribution >= 0.6 is 38.5 Å². The van der Waals surface area contributed by atoms with Crippen LogP contribution < -0.4 is 5.32 Å². The molecule has 1 aromatic carbocycles. The highest BCUT2D eigenvalue weighted by Gasteiger charge is 2.46. The number of carboxylic acid groups (broad SMARTS) is 1. The van der Waals surface area contributed by atoms with Crippen LogP contribution in [0.15, 0.2) is 22.7 Å². The third kappa shape index (κ3) is 3.00. The summed E-state index contributed by atoms with van der Waals surface area (Å²) < 4.78 is 1.67. The second-order valence-corrected chi connectivity index (χ2v) is 7.34. The summed E-state index contributed by atoms with van der Waals surface area (Å²) in [4.78, 5) is 23.8. The average Bonchev–Trinajstić information content (AvgIpc) is 2.75. The van der Waals surface area contributed by atoms with Crippen molar-refractivity contribution in [2.75, 3.05) is 0 Å². The zero-order valence-electron chi connectivity index (χ0n) is 11.0. The second kappa shape index (κ2) is 6.01. The summed E-state index contributed by atoms with van der Waals surface area (Å²) in [5.41, 5.74) is -0.299. The van der Waals surface area contributed by atoms with Gasteiger partial charge < -0.3 is 10.4 Å². The number of carboxylic acids is 1. The molecule has 1 fully saturated rings. The van der Waals surface area contributed by atoms with Crippen molar-refractivity contribution in [2.24, 2.45) is 5.41 Å². The fourth-order valence-electron chi connectivity index (χ4n) is 2.56. The van der Waals surface area contributed by atoms with Gasteiger partial charge in [-0.25, -0.2) is 0 Å². The Morgan fingerprint density at radius 2 is 2.20 bits per heavy atom. The van der Waals surface area contributed by atoms with Crippen LogP contribution in [-0.4, -0.2) is 23.0 Å². The maximum absolute atomic E-state index is 12.4. The molecule has 4 nitrogen and oxygen atoms in total. The summed E-state index contributed by atoms with van der Waals surface area (Å²) >= 11 is 5.45. The highest BCUT2D eigenvalue weighted by Crippen LogP contribution is 2.38. The van der Waals surface area contributed by atoms with E-state index in [0.717, 1.165) is 14.5 Å². The third-order valence-electron chi connectivity index (χ3n) is 3.92. The van der Waals surface area contributed by atoms with Crippen LogP contribution in [0.4, 0.5) is 0 Å². The Bertz CT molecular complexity index is 563. The largest absolute Gasteiger partial charge is 0.481 e. The van der Waals surface area contributed by atoms with Gasteiger partial charge in [0.2, 0.25) is 0 Å². The molecule has 0 aliphatic heterocycles. The minimum Gasteiger partial charge on any atom is -0.481 e. The molecule has 0 spiro atoms. The number of rotatable bonds is 3. The first-order valence-corrected chi connectivity index (χ1v) is 8.21. The lowest BCUT2D eigenvalue weighted by atomic mass is 9.85. The number of hydrogen-bond acceptors (Lipinski definition) is 2. The summed E-state index contributed by atoms with van der Waals surface area (Å²) in [7, 11) is 0. The molecule has 6 heteroatoms. The summed E-state index contributed by atoms with van der Waals surface area (Å²) in [6.07, 6.45) is 2.13. The molecule has 0 radical (unpaired) electrons. The van der Waals surface area contributed by atoms with E-state index in [1.807, 2.05) is 12.1 Å². The maximum atomic E-state index is 12.4. The lowest BCUT2D eigenvalue weighted by Crippen LogP contribution is -2.47. The van der Waals surface area contributed by atoms with E-state index in [0.29, 0.717) is 18.4 Å². The second-order valence-electron chi connectivity index (χ2n) is 5.27. The minimum atomic E-state index is -0.868. The molecule has 0 aromatic heterocycles. The molecular formula is C14H15BrINO3. The van der Waals surface area contributed by atoms with Crippen molar-refractivity contribution in [1.29, 1.82) is 0 Å². The normalized spacial score (nSPS) is 25.4. The third-order valence-corrected chi connectivity index (χ3v) is 5.36. The predicted molar refractivity (Wildman–Crippen MR) is 87.7 cm³/mol. The Balaban J connectivity index is 2.19. The lowest BCUT2D eigenvalue weighted by molar-refractivity contribution is -0.148. The first-order valence-electron chi connectivity index (χ1n) is 6.34. The number of nitrogens with one attached hydrogen (secondary N) is 1. The van der Waals surface area contributed by atoms with Gasteiger partial charge >= 0.3 is 5.97 Å². The Kier molecular flexibility index (Phi) is 4.73. The van der Waals surface area contributed by atoms with E-state index >= 15 is 0 Å². The van der Waals surface area contributed by atoms with Crippen molar-refractivity contribution in [2.45, 2.75) is 32.2 Å². The van der Waals surface area contributed by atoms with Crippen molar-refractivity contribution in [3.8, 4) is 0 Å². The van der Waals surface area contributed by atoms with Gasteiger partial charge in [-0.05, 0) is 60.6 Å². The summed E-state index contributed by atoms with van der Waals surface area (Å²) in [6, 6.07) is 5.16. The molecule has 20 heavy (non-hydrogen) atoms. The van der Waals surface area contributed by atoms with E-state index in [1.165, 1.54) is 0 Å². The number of carbonyl (C=O) groups excluding carboxylic acids is 1. The van der Waals surface area contributed by atoms with Gasteiger partial charge in [-0.3, -0.25) is 9.59 Å². The predicted octanol–water partition coefficient (Wildman–Crippen LogP) is 3.43. The molecule has 1 amide bonds. The van der Waals surface area contributed by atoms with Gasteiger partial charge in [0.05, 0.1) is 11.0 Å². The maximum Gasteiger partial charge on any atom is 0.311 e. The van der Waals surface area contributed by atoms with Crippen LogP contribution in [0.25, 0.3) is 0 Å². The Morgan fingerprint density at radius 3 is 2.85 bits per heavy atom. The molecule has 2 rings (SSSR count). The monoisotopic (exact) mass is 451 g/mol. The number of aliphatic carboxylic acids is 1. The summed E-state index contributed by atoms with van der Waals surface area (Å²) in [5.74, 6) is -1.06. The molecule has 0 heterocycles. The van der Waals surface area contributed by atoms with Crippen molar-refractivity contribution in [1.82, 2.24) is 5.32 Å². The van der Waals surface area contributed by atoms with Crippen LogP contribution in [0.2, 0.25) is 0 Å². The van der Waals surface area contributed by atoms with E-state index in [-0.39, 0.29) is 11.9 Å². The molecule has 0 bridgehead atoms. The average molecular weight is 452 g/mol. The number of carbonyl (C=O) groups is 2. The number of amides is 1. The van der Waals surface area contributed by atoms with Gasteiger partial charge in [0.1, 0.15) is 0 Å². The first-order chi connectivity index (χ1) is 9.34. The molecule has 0 saturated heterocycles. The molecular weight excluding hydrogens is 437 g/mol. The van der Waals surface area contributed by atoms with Crippen LogP contribution in [-0.2, 0) is 4.79 Å². The standard InChI is InChI=1S/C14H15BrINO3/c1-14(13(19)20)6-2-3-11(14)17-12(18)9-7-8(15)4-5-10(9)16/h4-5,7,11H,2-3,6H2,1H3,(H,17,18)(H,19,20). The zero-order valence-corrected chi connectivity index (χ0v) is 14.7. The first kappa shape index (κ1) is 15.8. The lowest BCUT2D eigenvalue weighted by Gasteiger charge is -2.27. The Morgan fingerprint density at radius 1 is 1.50 bits per heavy atom. The van der Waals surface area contributed by atoms with E-state index in [9.17, 15) is 14.7 Å². The minimum absolute atomic E-state index is 0.213. The van der Waals surface area contributed by atoms with Gasteiger partial charge in [0.15, 0.2) is 0 Å². The van der Waals surface area contributed by atoms with Gasteiger partial charge in [-0.1, -0.05) is 22.4 Å². The number of halogens is 2. The molecule has 2 unspecified atom stereocenters. The fourth-order valence-corrected chi connectivity index (χ4v) is 3.50. The summed E-state index contributed by atoms with van der Waals surface area (Å²) in [5, 5.41) is 12.3. The van der Waals surface area contributed by atoms with Crippen LogP contribution in [0, 0.1) is 8.99 Å².